The summed E-state index contributed by atoms with van der Waals surface area (Å²) in [5, 5.41) is 3.82. The van der Waals surface area contributed by atoms with Crippen molar-refractivity contribution in [2.24, 2.45) is 0 Å². The van der Waals surface area contributed by atoms with Gasteiger partial charge >= 0.3 is 0 Å². The molecule has 0 N–H and O–H groups in total. The summed E-state index contributed by atoms with van der Waals surface area (Å²) in [6.45, 7) is 1.32. The highest BCUT2D eigenvalue weighted by Crippen LogP contribution is 2.32. The predicted molar refractivity (Wildman–Crippen MR) is 82.5 cm³/mol. The number of hydrogen-bond donors (Lipinski definition) is 0. The fourth-order valence-electron chi connectivity index (χ4n) is 1.80. The van der Waals surface area contributed by atoms with Crippen molar-refractivity contribution >= 4 is 42.6 Å². The first-order valence-corrected chi connectivity index (χ1v) is 8.00. The van der Waals surface area contributed by atoms with Crippen LogP contribution in [0, 0.1) is 0 Å². The molecule has 0 aromatic heterocycles. The van der Waals surface area contributed by atoms with Crippen LogP contribution >= 0.6 is 31.9 Å². The Morgan fingerprint density at radius 2 is 1.17 bits per heavy atom. The zero-order valence-corrected chi connectivity index (χ0v) is 13.0. The van der Waals surface area contributed by atoms with Crippen LogP contribution in [0.15, 0.2) is 36.4 Å². The number of halogens is 2. The lowest BCUT2D eigenvalue weighted by Crippen LogP contribution is -2.00. The van der Waals surface area contributed by atoms with Gasteiger partial charge in [0.1, 0.15) is 11.5 Å². The minimum Gasteiger partial charge on any atom is -0.492 e. The predicted octanol–water partition coefficient (Wildman–Crippen LogP) is 4.39. The van der Waals surface area contributed by atoms with Crippen LogP contribution in [0.2, 0.25) is 0 Å². The summed E-state index contributed by atoms with van der Waals surface area (Å²) in [7, 11) is 0. The molecule has 0 radical (unpaired) electrons. The normalized spacial score (nSPS) is 10.6. The molecule has 0 aliphatic heterocycles. The molecule has 0 aliphatic rings. The van der Waals surface area contributed by atoms with E-state index in [-0.39, 0.29) is 0 Å². The van der Waals surface area contributed by atoms with Gasteiger partial charge in [-0.2, -0.15) is 0 Å². The van der Waals surface area contributed by atoms with Gasteiger partial charge in [-0.05, 0) is 12.1 Å². The van der Waals surface area contributed by atoms with Crippen LogP contribution in [0.4, 0.5) is 0 Å². The second-order valence-electron chi connectivity index (χ2n) is 3.68. The van der Waals surface area contributed by atoms with Crippen molar-refractivity contribution in [2.45, 2.75) is 0 Å². The molecule has 0 heterocycles. The largest absolute Gasteiger partial charge is 0.492 e. The molecule has 0 saturated carbocycles. The Morgan fingerprint density at radius 3 is 1.56 bits per heavy atom. The van der Waals surface area contributed by atoms with Crippen LogP contribution in [-0.2, 0) is 0 Å². The Hall–Kier alpha value is -0.740. The Morgan fingerprint density at radius 1 is 0.722 bits per heavy atom. The van der Waals surface area contributed by atoms with Crippen LogP contribution in [0.1, 0.15) is 0 Å². The lowest BCUT2D eigenvalue weighted by Gasteiger charge is -2.11. The highest BCUT2D eigenvalue weighted by atomic mass is 79.9. The fourth-order valence-corrected chi connectivity index (χ4v) is 2.12. The van der Waals surface area contributed by atoms with Crippen molar-refractivity contribution in [3.63, 3.8) is 0 Å². The Bertz CT molecular complexity index is 467. The highest BCUT2D eigenvalue weighted by Gasteiger charge is 2.06. The quantitative estimate of drug-likeness (QED) is 0.699. The molecule has 0 atom stereocenters. The molecule has 0 bridgehead atoms. The third-order valence-corrected chi connectivity index (χ3v) is 3.16. The van der Waals surface area contributed by atoms with Gasteiger partial charge in [0.05, 0.1) is 13.2 Å². The molecule has 0 amide bonds. The maximum absolute atomic E-state index is 5.72. The molecular formula is C14H14Br2O2. The SMILES string of the molecule is BrCCOc1cccc2c(OCCBr)cccc12. The summed E-state index contributed by atoms with van der Waals surface area (Å²) in [4.78, 5) is 0. The van der Waals surface area contributed by atoms with Gasteiger partial charge < -0.3 is 9.47 Å². The number of hydrogen-bond acceptors (Lipinski definition) is 2. The van der Waals surface area contributed by atoms with E-state index in [4.69, 9.17) is 9.47 Å². The molecule has 0 aliphatic carbocycles. The van der Waals surface area contributed by atoms with Crippen molar-refractivity contribution in [1.29, 1.82) is 0 Å². The second kappa shape index (κ2) is 7.00. The average Bonchev–Trinajstić information content (AvgIpc) is 2.42. The lowest BCUT2D eigenvalue weighted by atomic mass is 10.1. The summed E-state index contributed by atoms with van der Waals surface area (Å²) in [5.41, 5.74) is 0. The van der Waals surface area contributed by atoms with Gasteiger partial charge in [0.2, 0.25) is 0 Å². The monoisotopic (exact) mass is 372 g/mol. The average molecular weight is 374 g/mol. The zero-order valence-electron chi connectivity index (χ0n) is 9.86. The maximum Gasteiger partial charge on any atom is 0.127 e. The van der Waals surface area contributed by atoms with Crippen molar-refractivity contribution in [2.75, 3.05) is 23.9 Å². The molecule has 0 fully saturated rings. The molecule has 2 aromatic carbocycles. The lowest BCUT2D eigenvalue weighted by molar-refractivity contribution is 0.345. The van der Waals surface area contributed by atoms with Crippen molar-refractivity contribution in [1.82, 2.24) is 0 Å². The van der Waals surface area contributed by atoms with E-state index in [1.165, 1.54) is 0 Å². The molecular weight excluding hydrogens is 360 g/mol. The van der Waals surface area contributed by atoms with E-state index in [1.54, 1.807) is 0 Å². The molecule has 0 unspecified atom stereocenters. The third kappa shape index (κ3) is 3.18. The van der Waals surface area contributed by atoms with E-state index in [0.717, 1.165) is 32.9 Å². The van der Waals surface area contributed by atoms with Gasteiger partial charge in [-0.25, -0.2) is 0 Å². The standard InChI is InChI=1S/C14H14Br2O2/c15-7-9-17-13-5-1-3-11-12(13)4-2-6-14(11)18-10-8-16/h1-6H,7-10H2. The van der Waals surface area contributed by atoms with Crippen LogP contribution in [-0.4, -0.2) is 23.9 Å². The fraction of sp³-hybridized carbons (Fsp3) is 0.286. The van der Waals surface area contributed by atoms with Crippen LogP contribution in [0.5, 0.6) is 11.5 Å². The van der Waals surface area contributed by atoms with E-state index in [1.807, 2.05) is 24.3 Å². The molecule has 2 aromatic rings. The van der Waals surface area contributed by atoms with Crippen molar-refractivity contribution < 1.29 is 9.47 Å². The molecule has 2 nitrogen and oxygen atoms in total. The summed E-state index contributed by atoms with van der Waals surface area (Å²) in [5.74, 6) is 1.80. The van der Waals surface area contributed by atoms with Gasteiger partial charge in [0.15, 0.2) is 0 Å². The van der Waals surface area contributed by atoms with Gasteiger partial charge in [-0.3, -0.25) is 0 Å². The van der Waals surface area contributed by atoms with E-state index in [9.17, 15) is 0 Å². The Labute approximate surface area is 124 Å². The number of benzene rings is 2. The van der Waals surface area contributed by atoms with Gasteiger partial charge in [0.25, 0.3) is 0 Å². The van der Waals surface area contributed by atoms with Crippen LogP contribution in [0.25, 0.3) is 10.8 Å². The number of alkyl halides is 2. The molecule has 0 spiro atoms. The molecule has 18 heavy (non-hydrogen) atoms. The van der Waals surface area contributed by atoms with Gasteiger partial charge in [0, 0.05) is 21.4 Å². The minimum atomic E-state index is 0.658. The number of rotatable bonds is 6. The van der Waals surface area contributed by atoms with E-state index < -0.39 is 0 Å². The van der Waals surface area contributed by atoms with Crippen LogP contribution in [0.3, 0.4) is 0 Å². The van der Waals surface area contributed by atoms with Gasteiger partial charge in [-0.15, -0.1) is 0 Å². The third-order valence-electron chi connectivity index (χ3n) is 2.51. The minimum absolute atomic E-state index is 0.658. The highest BCUT2D eigenvalue weighted by molar-refractivity contribution is 9.09. The summed E-state index contributed by atoms with van der Waals surface area (Å²) >= 11 is 6.73. The first-order chi connectivity index (χ1) is 8.86. The molecule has 0 saturated heterocycles. The first kappa shape index (κ1) is 13.7. The van der Waals surface area contributed by atoms with Crippen molar-refractivity contribution in [3.8, 4) is 11.5 Å². The Balaban J connectivity index is 2.37. The van der Waals surface area contributed by atoms with E-state index in [0.29, 0.717) is 13.2 Å². The van der Waals surface area contributed by atoms with E-state index in [2.05, 4.69) is 44.0 Å². The van der Waals surface area contributed by atoms with Crippen LogP contribution < -0.4 is 9.47 Å². The molecule has 4 heteroatoms. The van der Waals surface area contributed by atoms with Gasteiger partial charge in [-0.1, -0.05) is 56.1 Å². The second-order valence-corrected chi connectivity index (χ2v) is 5.27. The summed E-state index contributed by atoms with van der Waals surface area (Å²) in [6.07, 6.45) is 0. The van der Waals surface area contributed by atoms with Crippen molar-refractivity contribution in [3.05, 3.63) is 36.4 Å². The summed E-state index contributed by atoms with van der Waals surface area (Å²) in [6, 6.07) is 12.1. The molecule has 2 rings (SSSR count). The number of fused-ring (bicyclic) bond motifs is 1. The topological polar surface area (TPSA) is 18.5 Å². The number of ether oxygens (including phenoxy) is 2. The first-order valence-electron chi connectivity index (χ1n) is 5.76. The maximum atomic E-state index is 5.72. The summed E-state index contributed by atoms with van der Waals surface area (Å²) < 4.78 is 11.4. The smallest absolute Gasteiger partial charge is 0.127 e. The Kier molecular flexibility index (Phi) is 5.32. The molecule has 96 valence electrons. The zero-order chi connectivity index (χ0) is 12.8. The van der Waals surface area contributed by atoms with E-state index >= 15 is 0 Å².